The van der Waals surface area contributed by atoms with Gasteiger partial charge in [-0.2, -0.15) is 0 Å². The van der Waals surface area contributed by atoms with Gasteiger partial charge in [-0.05, 0) is 77.0 Å². The topological polar surface area (TPSA) is 131 Å². The fourth-order valence-electron chi connectivity index (χ4n) is 5.42. The van der Waals surface area contributed by atoms with Gasteiger partial charge in [0.25, 0.3) is 0 Å². The first kappa shape index (κ1) is 51.7. The second kappa shape index (κ2) is 40.4. The lowest BCUT2D eigenvalue weighted by Crippen LogP contribution is -2.27. The summed E-state index contributed by atoms with van der Waals surface area (Å²) in [6.07, 6.45) is 47.3. The van der Waals surface area contributed by atoms with E-state index in [9.17, 15) is 24.2 Å². The van der Waals surface area contributed by atoms with Crippen LogP contribution in [0.25, 0.3) is 0 Å². The highest BCUT2D eigenvalue weighted by molar-refractivity contribution is 7.47. The van der Waals surface area contributed by atoms with Crippen molar-refractivity contribution < 1.29 is 37.9 Å². The summed E-state index contributed by atoms with van der Waals surface area (Å²) in [5, 5.41) is 12.7. The number of hydrogen-bond acceptors (Lipinski definition) is 7. The molecule has 0 aliphatic heterocycles. The van der Waals surface area contributed by atoms with Crippen molar-refractivity contribution in [3.63, 3.8) is 0 Å². The van der Waals surface area contributed by atoms with E-state index in [0.717, 1.165) is 89.9 Å². The number of unbranched alkanes of at least 4 members (excludes halogenated alkanes) is 16. The second-order valence-corrected chi connectivity index (χ2v) is 15.4. The van der Waals surface area contributed by atoms with Crippen LogP contribution in [0, 0.1) is 0 Å². The van der Waals surface area contributed by atoms with E-state index in [-0.39, 0.29) is 32.1 Å². The molecule has 0 aliphatic carbocycles. The number of phosphoric acid groups is 1. The van der Waals surface area contributed by atoms with Crippen molar-refractivity contribution >= 4 is 19.7 Å². The third-order valence-corrected chi connectivity index (χ3v) is 9.64. The zero-order valence-electron chi connectivity index (χ0n) is 34.1. The largest absolute Gasteiger partial charge is 0.472 e. The summed E-state index contributed by atoms with van der Waals surface area (Å²) in [5.74, 6) is -0.542. The number of nitrogens with one attached hydrogen (secondary N) is 1. The van der Waals surface area contributed by atoms with Gasteiger partial charge in [0, 0.05) is 19.4 Å². The molecule has 0 saturated carbocycles. The third kappa shape index (κ3) is 40.9. The molecule has 0 aliphatic rings. The Kier molecular flexibility index (Phi) is 38.7. The molecule has 3 N–H and O–H groups in total. The van der Waals surface area contributed by atoms with E-state index in [1.54, 1.807) is 0 Å². The summed E-state index contributed by atoms with van der Waals surface area (Å²) in [6, 6.07) is 0. The van der Waals surface area contributed by atoms with E-state index >= 15 is 0 Å². The number of hydrogen-bond donors (Lipinski definition) is 3. The highest BCUT2D eigenvalue weighted by Gasteiger charge is 2.23. The fourth-order valence-corrected chi connectivity index (χ4v) is 6.18. The van der Waals surface area contributed by atoms with Crippen LogP contribution in [0.5, 0.6) is 0 Å². The van der Waals surface area contributed by atoms with Gasteiger partial charge in [-0.15, -0.1) is 0 Å². The minimum atomic E-state index is -4.42. The fraction of sp³-hybridized carbons (Fsp3) is 0.727. The van der Waals surface area contributed by atoms with E-state index < -0.39 is 26.5 Å². The van der Waals surface area contributed by atoms with Gasteiger partial charge in [0.2, 0.25) is 5.91 Å². The quantitative estimate of drug-likeness (QED) is 0.0243. The predicted octanol–water partition coefficient (Wildman–Crippen LogP) is 11.7. The predicted molar refractivity (Wildman–Crippen MR) is 224 cm³/mol. The summed E-state index contributed by atoms with van der Waals surface area (Å²) in [7, 11) is -4.42. The lowest BCUT2D eigenvalue weighted by atomic mass is 10.1. The first-order chi connectivity index (χ1) is 26.3. The molecule has 0 aromatic carbocycles. The molecule has 2 unspecified atom stereocenters. The molecule has 0 saturated heterocycles. The molecule has 0 spiro atoms. The molecule has 0 heterocycles. The highest BCUT2D eigenvalue weighted by atomic mass is 31.2. The van der Waals surface area contributed by atoms with Gasteiger partial charge in [-0.3, -0.25) is 18.6 Å². The number of allylic oxidation sites excluding steroid dienone is 10. The lowest BCUT2D eigenvalue weighted by molar-refractivity contribution is -0.147. The monoisotopic (exact) mass is 780 g/mol. The molecule has 9 nitrogen and oxygen atoms in total. The van der Waals surface area contributed by atoms with Gasteiger partial charge in [-0.1, -0.05) is 145 Å². The number of amides is 1. The first-order valence-electron chi connectivity index (χ1n) is 21.3. The molecule has 0 fully saturated rings. The molecule has 0 bridgehead atoms. The Labute approximate surface area is 329 Å². The Morgan fingerprint density at radius 2 is 1.04 bits per heavy atom. The van der Waals surface area contributed by atoms with E-state index in [2.05, 4.69) is 79.9 Å². The Balaban J connectivity index is 3.64. The Hall–Kier alpha value is -2.29. The van der Waals surface area contributed by atoms with Gasteiger partial charge >= 0.3 is 13.8 Å². The zero-order chi connectivity index (χ0) is 39.6. The number of esters is 1. The van der Waals surface area contributed by atoms with E-state index in [4.69, 9.17) is 13.8 Å². The van der Waals surface area contributed by atoms with Crippen molar-refractivity contribution in [2.75, 3.05) is 26.4 Å². The van der Waals surface area contributed by atoms with Crippen LogP contribution in [-0.2, 0) is 27.9 Å². The van der Waals surface area contributed by atoms with Crippen LogP contribution in [0.15, 0.2) is 60.8 Å². The number of carbonyl (C=O) groups is 2. The third-order valence-electron chi connectivity index (χ3n) is 8.65. The minimum absolute atomic E-state index is 0.0732. The molecule has 1 amide bonds. The number of rotatable bonds is 39. The average Bonchev–Trinajstić information content (AvgIpc) is 3.16. The van der Waals surface area contributed by atoms with Gasteiger partial charge in [-0.25, -0.2) is 4.57 Å². The van der Waals surface area contributed by atoms with Crippen molar-refractivity contribution in [3.8, 4) is 0 Å². The van der Waals surface area contributed by atoms with Crippen molar-refractivity contribution in [3.05, 3.63) is 60.8 Å². The Morgan fingerprint density at radius 3 is 1.59 bits per heavy atom. The molecule has 0 aromatic heterocycles. The van der Waals surface area contributed by atoms with Crippen LogP contribution in [0.1, 0.15) is 174 Å². The molecular weight excluding hydrogens is 701 g/mol. The van der Waals surface area contributed by atoms with Crippen molar-refractivity contribution in [1.29, 1.82) is 0 Å². The van der Waals surface area contributed by atoms with E-state index in [1.165, 1.54) is 57.8 Å². The van der Waals surface area contributed by atoms with Crippen molar-refractivity contribution in [2.24, 2.45) is 0 Å². The summed E-state index contributed by atoms with van der Waals surface area (Å²) in [5.41, 5.74) is 0. The molecule has 10 heteroatoms. The van der Waals surface area contributed by atoms with Crippen LogP contribution >= 0.6 is 7.82 Å². The molecule has 54 heavy (non-hydrogen) atoms. The molecule has 2 atom stereocenters. The SMILES string of the molecule is CCC/C=C\CCCCCCCC(=O)NCCOP(=O)(O)OCC(O)COC(=O)CCCCCCCCC/C=C\C/C=C\C/C=C\C/C=C\CCCCC. The number of carbonyl (C=O) groups excluding carboxylic acids is 2. The molecule has 312 valence electrons. The summed E-state index contributed by atoms with van der Waals surface area (Å²) < 4.78 is 26.8. The summed E-state index contributed by atoms with van der Waals surface area (Å²) in [6.45, 7) is 3.42. The van der Waals surface area contributed by atoms with Crippen LogP contribution in [0.3, 0.4) is 0 Å². The average molecular weight is 780 g/mol. The molecule has 0 rings (SSSR count). The van der Waals surface area contributed by atoms with Crippen molar-refractivity contribution in [1.82, 2.24) is 5.32 Å². The smallest absolute Gasteiger partial charge is 0.463 e. The molecular formula is C44H78NO8P. The van der Waals surface area contributed by atoms with Crippen LogP contribution in [-0.4, -0.2) is 54.3 Å². The van der Waals surface area contributed by atoms with E-state index in [1.807, 2.05) is 0 Å². The normalized spacial score (nSPS) is 13.9. The van der Waals surface area contributed by atoms with Crippen LogP contribution in [0.2, 0.25) is 0 Å². The van der Waals surface area contributed by atoms with Crippen molar-refractivity contribution in [2.45, 2.75) is 180 Å². The van der Waals surface area contributed by atoms with Gasteiger partial charge in [0.1, 0.15) is 12.7 Å². The summed E-state index contributed by atoms with van der Waals surface area (Å²) >= 11 is 0. The molecule has 0 aromatic rings. The number of aliphatic hydroxyl groups is 1. The van der Waals surface area contributed by atoms with Crippen LogP contribution < -0.4 is 5.32 Å². The standard InChI is InChI=1S/C44H78NO8P/c1-3-5-7-9-11-13-15-16-17-18-19-20-21-22-23-24-25-26-27-29-31-33-35-37-44(48)51-40-42(46)41-53-54(49,50)52-39-38-45-43(47)36-34-32-30-28-14-12-10-8-6-4-2/h8,10-11,13,16-17,19-20,22-23,42,46H,3-7,9,12,14-15,18,21,24-41H2,1-2H3,(H,45,47)(H,49,50)/b10-8-,13-11-,17-16-,20-19-,23-22-. The first-order valence-corrected chi connectivity index (χ1v) is 22.8. The number of phosphoric ester groups is 1. The maximum absolute atomic E-state index is 12.1. The number of ether oxygens (including phenoxy) is 1. The maximum Gasteiger partial charge on any atom is 0.472 e. The van der Waals surface area contributed by atoms with Gasteiger partial charge < -0.3 is 20.1 Å². The lowest BCUT2D eigenvalue weighted by Gasteiger charge is -2.15. The highest BCUT2D eigenvalue weighted by Crippen LogP contribution is 2.42. The van der Waals surface area contributed by atoms with Gasteiger partial charge in [0.15, 0.2) is 0 Å². The van der Waals surface area contributed by atoms with E-state index in [0.29, 0.717) is 6.42 Å². The van der Waals surface area contributed by atoms with Crippen LogP contribution in [0.4, 0.5) is 0 Å². The Morgan fingerprint density at radius 1 is 0.574 bits per heavy atom. The summed E-state index contributed by atoms with van der Waals surface area (Å²) in [4.78, 5) is 33.8. The Bertz CT molecular complexity index is 1070. The minimum Gasteiger partial charge on any atom is -0.463 e. The maximum atomic E-state index is 12.1. The molecule has 0 radical (unpaired) electrons. The van der Waals surface area contributed by atoms with Gasteiger partial charge in [0.05, 0.1) is 13.2 Å². The number of aliphatic hydroxyl groups excluding tert-OH is 1. The zero-order valence-corrected chi connectivity index (χ0v) is 35.0. The second-order valence-electron chi connectivity index (χ2n) is 14.0.